The summed E-state index contributed by atoms with van der Waals surface area (Å²) in [5, 5.41) is 17.5. The molecule has 20 rings (SSSR count). The number of aryl methyl sites for hydroxylation is 1. The fraction of sp³-hybridized carbons (Fsp3) is 0.489. The van der Waals surface area contributed by atoms with Crippen molar-refractivity contribution < 1.29 is 14.3 Å². The van der Waals surface area contributed by atoms with E-state index in [1.165, 1.54) is 126 Å². The second kappa shape index (κ2) is 37.7. The zero-order valence-corrected chi connectivity index (χ0v) is 72.0. The van der Waals surface area contributed by atoms with Crippen molar-refractivity contribution in [3.63, 3.8) is 0 Å². The molecule has 12 aromatic rings. The highest BCUT2D eigenvalue weighted by molar-refractivity contribution is 5.82. The van der Waals surface area contributed by atoms with Crippen LogP contribution in [0.1, 0.15) is 167 Å². The zero-order chi connectivity index (χ0) is 83.6. The second-order valence-electron chi connectivity index (χ2n) is 35.1. The Labute approximate surface area is 714 Å². The van der Waals surface area contributed by atoms with Gasteiger partial charge in [-0.1, -0.05) is 57.8 Å². The van der Waals surface area contributed by atoms with Gasteiger partial charge in [0.05, 0.1) is 35.7 Å². The molecule has 0 spiro atoms. The summed E-state index contributed by atoms with van der Waals surface area (Å²) in [4.78, 5) is 92.5. The molecule has 0 radical (unpaired) electrons. The summed E-state index contributed by atoms with van der Waals surface area (Å²) in [6.45, 7) is 24.0. The lowest BCUT2D eigenvalue weighted by atomic mass is 9.95. The van der Waals surface area contributed by atoms with Gasteiger partial charge in [-0.05, 0) is 178 Å². The van der Waals surface area contributed by atoms with E-state index in [0.29, 0.717) is 66.9 Å². The van der Waals surface area contributed by atoms with Crippen LogP contribution in [0.5, 0.6) is 0 Å². The molecular formula is C92H119N27O3. The molecule has 11 aromatic heterocycles. The number of fused-ring (bicyclic) bond motifs is 4. The molecule has 4 saturated heterocycles. The summed E-state index contributed by atoms with van der Waals surface area (Å²) < 4.78 is 14.8. The van der Waals surface area contributed by atoms with Crippen LogP contribution in [0, 0.1) is 6.92 Å². The van der Waals surface area contributed by atoms with Crippen molar-refractivity contribution in [2.45, 2.75) is 174 Å². The predicted molar refractivity (Wildman–Crippen MR) is 486 cm³/mol. The third kappa shape index (κ3) is 20.0. The second-order valence-corrected chi connectivity index (χ2v) is 35.1. The summed E-state index contributed by atoms with van der Waals surface area (Å²) >= 11 is 0. The summed E-state index contributed by atoms with van der Waals surface area (Å²) in [7, 11) is 4.35. The number of benzene rings is 1. The molecule has 8 fully saturated rings. The zero-order valence-electron chi connectivity index (χ0n) is 72.0. The van der Waals surface area contributed by atoms with Crippen molar-refractivity contribution in [2.75, 3.05) is 160 Å². The SMILES string of the molecule is CC(=O)N1CCN(c2ccc(Nc3ncc4ccn(C5CCCC5)c4n3)nc2)CC1.CN1CCN(c2ccc(Nc3ncc4ccn(C5CCCC5)c4n3)cc2)CC1.CN1CCN(c2ccc(Nc3ncc4ccn(C5CCCC5)c4n3)nc2)CC1.Cc1cn(C2CCCCC2)c2nc(Nc3ccc(N4CCN(C(=O)OC(C)(C)C)CC4)cn3)ncc12. The number of ether oxygens (including phenoxy) is 1. The molecule has 4 saturated carbocycles. The number of rotatable bonds is 16. The average Bonchev–Trinajstić information content (AvgIpc) is 1.66. The Bertz CT molecular complexity index is 5300. The summed E-state index contributed by atoms with van der Waals surface area (Å²) in [6.07, 6.45) is 43.3. The maximum absolute atomic E-state index is 12.3. The van der Waals surface area contributed by atoms with Gasteiger partial charge in [0.15, 0.2) is 0 Å². The normalized spacial score (nSPS) is 18.1. The van der Waals surface area contributed by atoms with E-state index in [2.05, 4.69) is 204 Å². The van der Waals surface area contributed by atoms with Gasteiger partial charge >= 0.3 is 6.09 Å². The molecule has 30 heteroatoms. The molecular weight excluding hydrogens is 1530 g/mol. The largest absolute Gasteiger partial charge is 0.444 e. The van der Waals surface area contributed by atoms with Crippen LogP contribution in [-0.4, -0.2) is 229 Å². The Morgan fingerprint density at radius 1 is 0.361 bits per heavy atom. The van der Waals surface area contributed by atoms with E-state index >= 15 is 0 Å². The number of carbonyl (C=O) groups excluding carboxylic acids is 2. The van der Waals surface area contributed by atoms with Crippen LogP contribution in [0.25, 0.3) is 44.1 Å². The van der Waals surface area contributed by atoms with Gasteiger partial charge in [0, 0.05) is 218 Å². The van der Waals surface area contributed by atoms with Gasteiger partial charge in [-0.2, -0.15) is 19.9 Å². The van der Waals surface area contributed by atoms with Crippen LogP contribution >= 0.6 is 0 Å². The standard InChI is InChI=1S/C27H37N7O2.C22H27N7O.C22H28N6.C21H27N7/c1-19-18-34(20-8-6-5-7-9-20)24-22(19)17-29-25(31-24)30-23-11-10-21(16-28-23)32-12-14-33(15-13-32)26(35)36-27(2,3)4;1-16(30)27-10-12-28(13-11-27)19-6-7-20(23-15-19)25-22-24-14-17-8-9-29(21(17)26-22)18-4-2-3-5-18;1-26-12-14-27(15-13-26)19-8-6-18(7-9-19)24-22-23-16-17-10-11-28(21(17)25-22)20-4-2-3-5-20;1-26-10-12-27(13-11-26)18-6-7-19(22-15-18)24-21-23-14-16-8-9-28(20(16)25-21)17-4-2-3-5-17/h10-11,16-18,20H,5-9,12-15H2,1-4H3,(H,28,29,30,31);6-9,14-15,18H,2-5,10-13H2,1H3,(H,23,24,25,26);6-11,16,20H,2-5,12-15H2,1H3,(H,23,24,25);6-9,14-15,17H,2-5,10-13H2,1H3,(H,22,23,24,25). The maximum atomic E-state index is 12.3. The number of nitrogens with zero attached hydrogens (tertiary/aromatic N) is 23. The lowest BCUT2D eigenvalue weighted by Gasteiger charge is -2.36. The number of likely N-dealkylation sites (N-methyl/N-ethyl adjacent to an activating group) is 2. The topological polar surface area (TPSA) is 279 Å². The van der Waals surface area contributed by atoms with Gasteiger partial charge in [-0.3, -0.25) is 4.79 Å². The summed E-state index contributed by atoms with van der Waals surface area (Å²) in [5.74, 6) is 4.74. The highest BCUT2D eigenvalue weighted by Gasteiger charge is 2.29. The van der Waals surface area contributed by atoms with Gasteiger partial charge < -0.3 is 83.5 Å². The first-order chi connectivity index (χ1) is 59.5. The van der Waals surface area contributed by atoms with Crippen molar-refractivity contribution in [1.82, 2.24) is 92.7 Å². The van der Waals surface area contributed by atoms with Crippen LogP contribution in [0.3, 0.4) is 0 Å². The van der Waals surface area contributed by atoms with Crippen LogP contribution in [0.15, 0.2) is 147 Å². The third-order valence-electron chi connectivity index (χ3n) is 25.5. The number of nitrogens with one attached hydrogen (secondary N) is 4. The van der Waals surface area contributed by atoms with Gasteiger partial charge in [0.2, 0.25) is 29.7 Å². The molecule has 0 unspecified atom stereocenters. The van der Waals surface area contributed by atoms with Crippen LogP contribution < -0.4 is 40.9 Å². The summed E-state index contributed by atoms with van der Waals surface area (Å²) in [6, 6.07) is 29.3. The van der Waals surface area contributed by atoms with Crippen LogP contribution in [0.2, 0.25) is 0 Å². The van der Waals surface area contributed by atoms with Gasteiger partial charge in [-0.15, -0.1) is 0 Å². The fourth-order valence-electron chi connectivity index (χ4n) is 18.4. The number of piperazine rings is 4. The van der Waals surface area contributed by atoms with E-state index in [1.807, 2.05) is 93.3 Å². The first kappa shape index (κ1) is 82.5. The minimum atomic E-state index is -0.479. The Kier molecular flexibility index (Phi) is 25.5. The van der Waals surface area contributed by atoms with Crippen LogP contribution in [0.4, 0.5) is 74.5 Å². The molecule has 1 aromatic carbocycles. The smallest absolute Gasteiger partial charge is 0.410 e. The Hall–Kier alpha value is -11.8. The van der Waals surface area contributed by atoms with Crippen molar-refractivity contribution in [1.29, 1.82) is 0 Å². The number of pyridine rings is 3. The molecule has 0 atom stereocenters. The average molecular weight is 1650 g/mol. The van der Waals surface area contributed by atoms with Crippen molar-refractivity contribution in [3.05, 3.63) is 153 Å². The van der Waals surface area contributed by atoms with Gasteiger partial charge in [-0.25, -0.2) is 39.7 Å². The number of aromatic nitrogens is 15. The van der Waals surface area contributed by atoms with E-state index in [-0.39, 0.29) is 12.0 Å². The molecule has 2 amide bonds. The molecule has 0 bridgehead atoms. The molecule has 4 aliphatic heterocycles. The monoisotopic (exact) mass is 1650 g/mol. The van der Waals surface area contributed by atoms with Crippen molar-refractivity contribution in [3.8, 4) is 0 Å². The number of hydrogen-bond donors (Lipinski definition) is 4. The molecule has 8 aliphatic rings. The molecule has 4 N–H and O–H groups in total. The quantitative estimate of drug-likeness (QED) is 0.0699. The molecule has 122 heavy (non-hydrogen) atoms. The van der Waals surface area contributed by atoms with Gasteiger partial charge in [0.25, 0.3) is 0 Å². The van der Waals surface area contributed by atoms with Crippen LogP contribution in [-0.2, 0) is 9.53 Å². The highest BCUT2D eigenvalue weighted by Crippen LogP contribution is 2.38. The summed E-state index contributed by atoms with van der Waals surface area (Å²) in [5.41, 5.74) is 10.3. The maximum Gasteiger partial charge on any atom is 0.410 e. The Morgan fingerprint density at radius 2 is 0.697 bits per heavy atom. The third-order valence-corrected chi connectivity index (χ3v) is 25.5. The number of anilines is 12. The molecule has 30 nitrogen and oxygen atoms in total. The number of carbonyl (C=O) groups is 2. The first-order valence-corrected chi connectivity index (χ1v) is 44.5. The molecule has 15 heterocycles. The fourth-order valence-corrected chi connectivity index (χ4v) is 18.4. The minimum Gasteiger partial charge on any atom is -0.444 e. The lowest BCUT2D eigenvalue weighted by molar-refractivity contribution is -0.129. The lowest BCUT2D eigenvalue weighted by Crippen LogP contribution is -2.50. The van der Waals surface area contributed by atoms with E-state index in [4.69, 9.17) is 24.7 Å². The number of hydrogen-bond acceptors (Lipinski definition) is 24. The Balaban J connectivity index is 0.000000116. The first-order valence-electron chi connectivity index (χ1n) is 44.5. The number of amides is 2. The van der Waals surface area contributed by atoms with E-state index in [9.17, 15) is 9.59 Å². The van der Waals surface area contributed by atoms with E-state index in [0.717, 1.165) is 164 Å². The molecule has 4 aliphatic carbocycles. The van der Waals surface area contributed by atoms with Crippen molar-refractivity contribution >= 4 is 126 Å². The molecule has 640 valence electrons. The van der Waals surface area contributed by atoms with Crippen molar-refractivity contribution in [2.24, 2.45) is 0 Å². The van der Waals surface area contributed by atoms with E-state index < -0.39 is 5.60 Å². The Morgan fingerprint density at radius 3 is 1.07 bits per heavy atom. The predicted octanol–water partition coefficient (Wildman–Crippen LogP) is 16.3. The highest BCUT2D eigenvalue weighted by atomic mass is 16.6. The minimum absolute atomic E-state index is 0.142. The van der Waals surface area contributed by atoms with Gasteiger partial charge in [0.1, 0.15) is 45.6 Å². The van der Waals surface area contributed by atoms with E-state index in [1.54, 1.807) is 11.8 Å².